The fraction of sp³-hybridized carbons (Fsp3) is 0.875. The number of carbonyl (C=O) groups excluding carboxylic acids is 1. The molecule has 4 nitrogen and oxygen atoms in total. The predicted octanol–water partition coefficient (Wildman–Crippen LogP) is 2.59. The minimum Gasteiger partial charge on any atom is -0.342 e. The lowest BCUT2D eigenvalue weighted by Gasteiger charge is -2.41. The highest BCUT2D eigenvalue weighted by Gasteiger charge is 2.51. The van der Waals surface area contributed by atoms with E-state index in [1.54, 1.807) is 0 Å². The molecule has 1 aliphatic heterocycles. The van der Waals surface area contributed by atoms with E-state index in [0.717, 1.165) is 19.4 Å². The fourth-order valence-electron chi connectivity index (χ4n) is 4.08. The van der Waals surface area contributed by atoms with Crippen molar-refractivity contribution in [3.05, 3.63) is 0 Å². The van der Waals surface area contributed by atoms with E-state index in [1.165, 1.54) is 38.5 Å². The number of nitrogens with one attached hydrogen (secondary N) is 2. The molecular weight excluding hydrogens is 250 g/mol. The highest BCUT2D eigenvalue weighted by Crippen LogP contribution is 2.51. The smallest absolute Gasteiger partial charge is 0.252 e. The first-order chi connectivity index (χ1) is 9.54. The molecule has 2 saturated carbocycles. The summed E-state index contributed by atoms with van der Waals surface area (Å²) >= 11 is 0. The van der Waals surface area contributed by atoms with Gasteiger partial charge in [-0.25, -0.2) is 0 Å². The highest BCUT2D eigenvalue weighted by molar-refractivity contribution is 6.09. The number of guanidine groups is 1. The van der Waals surface area contributed by atoms with Crippen LogP contribution in [0.5, 0.6) is 0 Å². The molecule has 1 amide bonds. The molecular formula is C16H27N3O. The second-order valence-electron chi connectivity index (χ2n) is 7.45. The molecule has 112 valence electrons. The van der Waals surface area contributed by atoms with Crippen LogP contribution in [0.3, 0.4) is 0 Å². The number of rotatable bonds is 2. The molecule has 2 N–H and O–H groups in total. The summed E-state index contributed by atoms with van der Waals surface area (Å²) in [6.07, 6.45) is 9.86. The van der Waals surface area contributed by atoms with Gasteiger partial charge in [-0.15, -0.1) is 0 Å². The Morgan fingerprint density at radius 2 is 1.75 bits per heavy atom. The number of nitrogens with zero attached hydrogens (tertiary/aromatic N) is 1. The lowest BCUT2D eigenvalue weighted by atomic mass is 9.66. The van der Waals surface area contributed by atoms with Gasteiger partial charge in [-0.1, -0.05) is 26.7 Å². The monoisotopic (exact) mass is 277 g/mol. The molecule has 3 aliphatic rings. The Kier molecular flexibility index (Phi) is 3.51. The van der Waals surface area contributed by atoms with Crippen molar-refractivity contribution < 1.29 is 4.79 Å². The average Bonchev–Trinajstić information content (AvgIpc) is 2.98. The number of hydrogen-bond donors (Lipinski definition) is 2. The van der Waals surface area contributed by atoms with Crippen molar-refractivity contribution in [2.24, 2.45) is 16.3 Å². The molecule has 0 aromatic rings. The van der Waals surface area contributed by atoms with E-state index >= 15 is 0 Å². The first kappa shape index (κ1) is 13.9. The van der Waals surface area contributed by atoms with E-state index in [0.29, 0.717) is 17.3 Å². The van der Waals surface area contributed by atoms with Crippen LogP contribution in [0.4, 0.5) is 0 Å². The zero-order valence-electron chi connectivity index (χ0n) is 12.8. The molecule has 1 saturated heterocycles. The summed E-state index contributed by atoms with van der Waals surface area (Å²) in [7, 11) is 0. The predicted molar refractivity (Wildman–Crippen MR) is 80.5 cm³/mol. The molecule has 0 aromatic heterocycles. The number of carbonyl (C=O) groups is 1. The van der Waals surface area contributed by atoms with Gasteiger partial charge in [-0.2, -0.15) is 0 Å². The molecule has 0 radical (unpaired) electrons. The van der Waals surface area contributed by atoms with Gasteiger partial charge in [-0.3, -0.25) is 15.1 Å². The molecule has 3 rings (SSSR count). The largest absolute Gasteiger partial charge is 0.342 e. The molecule has 20 heavy (non-hydrogen) atoms. The molecule has 3 fully saturated rings. The van der Waals surface area contributed by atoms with E-state index in [-0.39, 0.29) is 11.4 Å². The molecule has 0 atom stereocenters. The van der Waals surface area contributed by atoms with Gasteiger partial charge in [0.05, 0.1) is 0 Å². The van der Waals surface area contributed by atoms with Crippen LogP contribution in [0.25, 0.3) is 0 Å². The van der Waals surface area contributed by atoms with Gasteiger partial charge < -0.3 is 5.32 Å². The van der Waals surface area contributed by atoms with Gasteiger partial charge in [-0.05, 0) is 49.9 Å². The van der Waals surface area contributed by atoms with Crippen LogP contribution in [0, 0.1) is 11.3 Å². The second kappa shape index (κ2) is 5.05. The SMILES string of the molecule is CC(C)CN=C1NC(=O)C2(CCC3(CCCC3)CC2)N1. The Bertz CT molecular complexity index is 411. The topological polar surface area (TPSA) is 53.5 Å². The minimum absolute atomic E-state index is 0.146. The van der Waals surface area contributed by atoms with Crippen LogP contribution < -0.4 is 10.6 Å². The number of hydrogen-bond acceptors (Lipinski definition) is 2. The molecule has 0 unspecified atom stereocenters. The maximum Gasteiger partial charge on any atom is 0.252 e. The summed E-state index contributed by atoms with van der Waals surface area (Å²) in [6.45, 7) is 5.05. The van der Waals surface area contributed by atoms with Crippen LogP contribution in [-0.2, 0) is 4.79 Å². The Hall–Kier alpha value is -1.06. The molecule has 1 heterocycles. The third-order valence-electron chi connectivity index (χ3n) is 5.47. The first-order valence-electron chi connectivity index (χ1n) is 8.18. The molecule has 0 bridgehead atoms. The summed E-state index contributed by atoms with van der Waals surface area (Å²) in [6, 6.07) is 0. The first-order valence-corrected chi connectivity index (χ1v) is 8.18. The lowest BCUT2D eigenvalue weighted by Crippen LogP contribution is -2.51. The summed E-state index contributed by atoms with van der Waals surface area (Å²) in [5, 5.41) is 6.36. The van der Waals surface area contributed by atoms with Crippen LogP contribution in [-0.4, -0.2) is 24.0 Å². The molecule has 2 aliphatic carbocycles. The Labute approximate surface area is 121 Å². The van der Waals surface area contributed by atoms with Crippen molar-refractivity contribution in [3.63, 3.8) is 0 Å². The zero-order chi connectivity index (χ0) is 14.2. The van der Waals surface area contributed by atoms with Gasteiger partial charge in [0.2, 0.25) is 0 Å². The quantitative estimate of drug-likeness (QED) is 0.815. The van der Waals surface area contributed by atoms with E-state index in [4.69, 9.17) is 0 Å². The van der Waals surface area contributed by atoms with Crippen molar-refractivity contribution in [1.29, 1.82) is 0 Å². The summed E-state index contributed by atoms with van der Waals surface area (Å²) in [5.74, 6) is 1.37. The third-order valence-corrected chi connectivity index (χ3v) is 5.47. The van der Waals surface area contributed by atoms with Gasteiger partial charge >= 0.3 is 0 Å². The van der Waals surface area contributed by atoms with Crippen molar-refractivity contribution in [1.82, 2.24) is 10.6 Å². The van der Waals surface area contributed by atoms with Crippen LogP contribution in [0.2, 0.25) is 0 Å². The maximum absolute atomic E-state index is 12.4. The van der Waals surface area contributed by atoms with Crippen molar-refractivity contribution in [2.45, 2.75) is 70.8 Å². The second-order valence-corrected chi connectivity index (χ2v) is 7.45. The highest BCUT2D eigenvalue weighted by atomic mass is 16.2. The lowest BCUT2D eigenvalue weighted by molar-refractivity contribution is -0.126. The molecule has 0 aromatic carbocycles. The van der Waals surface area contributed by atoms with E-state index in [9.17, 15) is 4.79 Å². The third kappa shape index (κ3) is 2.45. The summed E-state index contributed by atoms with van der Waals surface area (Å²) in [4.78, 5) is 16.8. The summed E-state index contributed by atoms with van der Waals surface area (Å²) < 4.78 is 0. The number of amides is 1. The zero-order valence-corrected chi connectivity index (χ0v) is 12.8. The Morgan fingerprint density at radius 3 is 2.35 bits per heavy atom. The van der Waals surface area contributed by atoms with Crippen molar-refractivity contribution in [3.8, 4) is 0 Å². The fourth-order valence-corrected chi connectivity index (χ4v) is 4.08. The standard InChI is InChI=1S/C16H27N3O/c1-12(2)11-17-14-18-13(20)16(19-14)9-7-15(8-10-16)5-3-4-6-15/h12H,3-11H2,1-2H3,(H2,17,18,19,20). The van der Waals surface area contributed by atoms with E-state index in [1.807, 2.05) is 0 Å². The Balaban J connectivity index is 1.65. The van der Waals surface area contributed by atoms with Crippen LogP contribution in [0.15, 0.2) is 4.99 Å². The van der Waals surface area contributed by atoms with Crippen molar-refractivity contribution in [2.75, 3.05) is 6.54 Å². The Morgan fingerprint density at radius 1 is 1.10 bits per heavy atom. The van der Waals surface area contributed by atoms with Crippen molar-refractivity contribution >= 4 is 11.9 Å². The number of aliphatic imine (C=N–C) groups is 1. The molecule has 4 heteroatoms. The minimum atomic E-state index is -0.357. The van der Waals surface area contributed by atoms with E-state index < -0.39 is 0 Å². The van der Waals surface area contributed by atoms with Gasteiger partial charge in [0.1, 0.15) is 5.54 Å². The van der Waals surface area contributed by atoms with Crippen LogP contribution >= 0.6 is 0 Å². The average molecular weight is 277 g/mol. The van der Waals surface area contributed by atoms with E-state index in [2.05, 4.69) is 29.5 Å². The van der Waals surface area contributed by atoms with Gasteiger partial charge in [0.15, 0.2) is 5.96 Å². The van der Waals surface area contributed by atoms with Gasteiger partial charge in [0, 0.05) is 6.54 Å². The maximum atomic E-state index is 12.4. The van der Waals surface area contributed by atoms with Crippen LogP contribution in [0.1, 0.15) is 65.2 Å². The summed E-state index contributed by atoms with van der Waals surface area (Å²) in [5.41, 5.74) is 0.203. The normalized spacial score (nSPS) is 29.4. The molecule has 2 spiro atoms. The van der Waals surface area contributed by atoms with Gasteiger partial charge in [0.25, 0.3) is 5.91 Å².